The number of rotatable bonds is 6. The molecule has 0 spiro atoms. The van der Waals surface area contributed by atoms with Crippen LogP contribution in [-0.4, -0.2) is 29.6 Å². The molecule has 21 heavy (non-hydrogen) atoms. The van der Waals surface area contributed by atoms with E-state index in [9.17, 15) is 4.79 Å². The Morgan fingerprint density at radius 1 is 1.33 bits per heavy atom. The van der Waals surface area contributed by atoms with Crippen LogP contribution in [-0.2, 0) is 4.79 Å². The molecule has 0 aromatic carbocycles. The molecule has 4 atom stereocenters. The highest BCUT2D eigenvalue weighted by molar-refractivity contribution is 5.84. The molecule has 1 saturated carbocycles. The summed E-state index contributed by atoms with van der Waals surface area (Å²) < 4.78 is 0. The van der Waals surface area contributed by atoms with E-state index in [0.29, 0.717) is 11.8 Å². The van der Waals surface area contributed by atoms with Gasteiger partial charge in [0.05, 0.1) is 12.2 Å². The summed E-state index contributed by atoms with van der Waals surface area (Å²) in [6.07, 6.45) is 8.95. The lowest BCUT2D eigenvalue weighted by Gasteiger charge is -2.30. The third-order valence-corrected chi connectivity index (χ3v) is 5.28. The Hall–Kier alpha value is -0.570. The summed E-state index contributed by atoms with van der Waals surface area (Å²) in [7, 11) is 0. The van der Waals surface area contributed by atoms with E-state index in [-0.39, 0.29) is 12.2 Å². The molecule has 3 nitrogen and oxygen atoms in total. The molecule has 1 amide bonds. The number of carbonyl (C=O) groups excluding carboxylic acids is 1. The highest BCUT2D eigenvalue weighted by Gasteiger charge is 2.37. The largest absolute Gasteiger partial charge is 0.326 e. The summed E-state index contributed by atoms with van der Waals surface area (Å²) in [5.74, 6) is 2.68. The first-order valence-electron chi connectivity index (χ1n) is 9.07. The van der Waals surface area contributed by atoms with Crippen molar-refractivity contribution < 1.29 is 4.79 Å². The third kappa shape index (κ3) is 4.45. The fraction of sp³-hybridized carbons (Fsp3) is 0.944. The minimum atomic E-state index is 0.0547. The summed E-state index contributed by atoms with van der Waals surface area (Å²) in [6.45, 7) is 9.92. The molecule has 0 bridgehead atoms. The van der Waals surface area contributed by atoms with E-state index >= 15 is 0 Å². The van der Waals surface area contributed by atoms with Gasteiger partial charge in [-0.3, -0.25) is 10.1 Å². The number of carbonyl (C=O) groups is 1. The molecular weight excluding hydrogens is 260 g/mol. The molecule has 0 aromatic heterocycles. The summed E-state index contributed by atoms with van der Waals surface area (Å²) in [6, 6.07) is 0.0547. The molecule has 1 heterocycles. The normalized spacial score (nSPS) is 34.0. The number of hydrogen-bond donors (Lipinski definition) is 1. The first kappa shape index (κ1) is 16.8. The zero-order chi connectivity index (χ0) is 15.4. The van der Waals surface area contributed by atoms with Crippen molar-refractivity contribution in [3.8, 4) is 0 Å². The van der Waals surface area contributed by atoms with Gasteiger partial charge in [0, 0.05) is 6.54 Å². The van der Waals surface area contributed by atoms with E-state index in [1.165, 1.54) is 32.1 Å². The van der Waals surface area contributed by atoms with Crippen molar-refractivity contribution in [2.45, 2.75) is 84.8 Å². The predicted octanol–water partition coefficient (Wildman–Crippen LogP) is 3.79. The van der Waals surface area contributed by atoms with Crippen LogP contribution in [0.5, 0.6) is 0 Å². The first-order chi connectivity index (χ1) is 10.0. The molecule has 1 saturated heterocycles. The van der Waals surface area contributed by atoms with Gasteiger partial charge in [-0.1, -0.05) is 47.0 Å². The quantitative estimate of drug-likeness (QED) is 0.808. The zero-order valence-corrected chi connectivity index (χ0v) is 14.4. The van der Waals surface area contributed by atoms with Crippen LogP contribution in [0.25, 0.3) is 0 Å². The Morgan fingerprint density at radius 3 is 2.71 bits per heavy atom. The molecule has 2 aliphatic rings. The van der Waals surface area contributed by atoms with E-state index < -0.39 is 0 Å². The van der Waals surface area contributed by atoms with Crippen LogP contribution in [0.1, 0.15) is 72.6 Å². The molecule has 122 valence electrons. The second-order valence-corrected chi connectivity index (χ2v) is 7.73. The van der Waals surface area contributed by atoms with E-state index in [1.54, 1.807) is 0 Å². The molecule has 2 rings (SSSR count). The van der Waals surface area contributed by atoms with Crippen molar-refractivity contribution in [2.75, 3.05) is 6.54 Å². The van der Waals surface area contributed by atoms with Gasteiger partial charge in [0.2, 0.25) is 5.91 Å². The number of hydrogen-bond acceptors (Lipinski definition) is 2. The van der Waals surface area contributed by atoms with E-state index in [1.807, 2.05) is 0 Å². The average Bonchev–Trinajstić information content (AvgIpc) is 2.72. The van der Waals surface area contributed by atoms with Crippen molar-refractivity contribution >= 4 is 5.91 Å². The third-order valence-electron chi connectivity index (χ3n) is 5.28. The van der Waals surface area contributed by atoms with Gasteiger partial charge in [-0.05, 0) is 43.4 Å². The monoisotopic (exact) mass is 294 g/mol. The SMILES string of the molecule is CCC1NC(CC(C)C)N(CCC2CCCC(C)C2)C1=O. The highest BCUT2D eigenvalue weighted by atomic mass is 16.2. The standard InChI is InChI=1S/C18H34N2O/c1-5-16-18(21)20(17(19-16)11-13(2)3)10-9-15-8-6-7-14(4)12-15/h13-17,19H,5-12H2,1-4H3. The van der Waals surface area contributed by atoms with Crippen molar-refractivity contribution in [1.29, 1.82) is 0 Å². The summed E-state index contributed by atoms with van der Waals surface area (Å²) in [5, 5.41) is 3.54. The number of nitrogens with zero attached hydrogens (tertiary/aromatic N) is 1. The molecule has 1 aliphatic carbocycles. The second kappa shape index (κ2) is 7.62. The maximum Gasteiger partial charge on any atom is 0.241 e. The average molecular weight is 294 g/mol. The van der Waals surface area contributed by atoms with Crippen LogP contribution in [0.3, 0.4) is 0 Å². The van der Waals surface area contributed by atoms with Gasteiger partial charge in [0.25, 0.3) is 0 Å². The maximum absolute atomic E-state index is 12.5. The van der Waals surface area contributed by atoms with E-state index in [4.69, 9.17) is 0 Å². The molecule has 2 fully saturated rings. The van der Waals surface area contributed by atoms with Crippen molar-refractivity contribution in [1.82, 2.24) is 10.2 Å². The fourth-order valence-corrected chi connectivity index (χ4v) is 4.09. The minimum Gasteiger partial charge on any atom is -0.326 e. The van der Waals surface area contributed by atoms with Crippen molar-refractivity contribution in [2.24, 2.45) is 17.8 Å². The van der Waals surface area contributed by atoms with E-state index in [2.05, 4.69) is 37.9 Å². The summed E-state index contributed by atoms with van der Waals surface area (Å²) in [4.78, 5) is 14.7. The Kier molecular flexibility index (Phi) is 6.09. The van der Waals surface area contributed by atoms with Crippen LogP contribution < -0.4 is 5.32 Å². The first-order valence-corrected chi connectivity index (χ1v) is 9.07. The van der Waals surface area contributed by atoms with Gasteiger partial charge in [-0.2, -0.15) is 0 Å². The Bertz CT molecular complexity index is 342. The Morgan fingerprint density at radius 2 is 2.10 bits per heavy atom. The zero-order valence-electron chi connectivity index (χ0n) is 14.4. The van der Waals surface area contributed by atoms with Gasteiger partial charge in [-0.25, -0.2) is 0 Å². The van der Waals surface area contributed by atoms with Crippen molar-refractivity contribution in [3.63, 3.8) is 0 Å². The lowest BCUT2D eigenvalue weighted by Crippen LogP contribution is -2.39. The maximum atomic E-state index is 12.5. The molecule has 1 N–H and O–H groups in total. The fourth-order valence-electron chi connectivity index (χ4n) is 4.09. The van der Waals surface area contributed by atoms with Crippen LogP contribution in [0.15, 0.2) is 0 Å². The molecule has 0 aromatic rings. The minimum absolute atomic E-state index is 0.0547. The van der Waals surface area contributed by atoms with Gasteiger partial charge in [0.1, 0.15) is 0 Å². The number of amides is 1. The summed E-state index contributed by atoms with van der Waals surface area (Å²) >= 11 is 0. The lowest BCUT2D eigenvalue weighted by molar-refractivity contribution is -0.130. The van der Waals surface area contributed by atoms with Gasteiger partial charge in [0.15, 0.2) is 0 Å². The Balaban J connectivity index is 1.89. The molecular formula is C18H34N2O. The van der Waals surface area contributed by atoms with Crippen LogP contribution in [0.4, 0.5) is 0 Å². The lowest BCUT2D eigenvalue weighted by atomic mass is 9.81. The topological polar surface area (TPSA) is 32.3 Å². The molecule has 4 unspecified atom stereocenters. The van der Waals surface area contributed by atoms with Gasteiger partial charge in [-0.15, -0.1) is 0 Å². The molecule has 0 radical (unpaired) electrons. The van der Waals surface area contributed by atoms with Crippen molar-refractivity contribution in [3.05, 3.63) is 0 Å². The smallest absolute Gasteiger partial charge is 0.241 e. The summed E-state index contributed by atoms with van der Waals surface area (Å²) in [5.41, 5.74) is 0. The number of nitrogens with one attached hydrogen (secondary N) is 1. The Labute approximate surface area is 130 Å². The van der Waals surface area contributed by atoms with Crippen LogP contribution >= 0.6 is 0 Å². The predicted molar refractivity (Wildman–Crippen MR) is 87.9 cm³/mol. The molecule has 3 heteroatoms. The highest BCUT2D eigenvalue weighted by Crippen LogP contribution is 2.31. The second-order valence-electron chi connectivity index (χ2n) is 7.73. The van der Waals surface area contributed by atoms with Gasteiger partial charge >= 0.3 is 0 Å². The van der Waals surface area contributed by atoms with E-state index in [0.717, 1.165) is 31.2 Å². The molecule has 1 aliphatic heterocycles. The van der Waals surface area contributed by atoms with Crippen LogP contribution in [0, 0.1) is 17.8 Å². The van der Waals surface area contributed by atoms with Gasteiger partial charge < -0.3 is 4.90 Å². The van der Waals surface area contributed by atoms with Crippen LogP contribution in [0.2, 0.25) is 0 Å².